The van der Waals surface area contributed by atoms with Crippen LogP contribution in [0.1, 0.15) is 11.1 Å². The molecular formula is C56H34BN3O. The number of para-hydroxylation sites is 2. The van der Waals surface area contributed by atoms with E-state index in [1.165, 1.54) is 66.3 Å². The third-order valence-corrected chi connectivity index (χ3v) is 13.2. The highest BCUT2D eigenvalue weighted by atomic mass is 16.3. The molecule has 4 heterocycles. The first-order chi connectivity index (χ1) is 30.1. The highest BCUT2D eigenvalue weighted by molar-refractivity contribution is 6.90. The van der Waals surface area contributed by atoms with Gasteiger partial charge in [-0.05, 0) is 117 Å². The highest BCUT2D eigenvalue weighted by Crippen LogP contribution is 2.51. The van der Waals surface area contributed by atoms with E-state index >= 15 is 0 Å². The van der Waals surface area contributed by atoms with E-state index in [-0.39, 0.29) is 6.85 Å². The van der Waals surface area contributed by atoms with Crippen molar-refractivity contribution in [3.8, 4) is 50.6 Å². The second-order valence-corrected chi connectivity index (χ2v) is 16.3. The molecule has 282 valence electrons. The summed E-state index contributed by atoms with van der Waals surface area (Å²) in [6, 6.07) is 69.9. The lowest BCUT2D eigenvalue weighted by Crippen LogP contribution is -2.57. The molecule has 0 unspecified atom stereocenters. The molecular weight excluding hydrogens is 741 g/mol. The van der Waals surface area contributed by atoms with Crippen molar-refractivity contribution < 1.29 is 4.42 Å². The lowest BCUT2D eigenvalue weighted by atomic mass is 9.44. The molecule has 5 heteroatoms. The molecule has 0 radical (unpaired) electrons. The summed E-state index contributed by atoms with van der Waals surface area (Å²) in [4.78, 5) is 2.48. The van der Waals surface area contributed by atoms with Crippen molar-refractivity contribution in [1.82, 2.24) is 4.48 Å². The quantitative estimate of drug-likeness (QED) is 0.167. The third-order valence-electron chi connectivity index (χ3n) is 13.2. The van der Waals surface area contributed by atoms with E-state index < -0.39 is 0 Å². The van der Waals surface area contributed by atoms with E-state index in [1.54, 1.807) is 0 Å². The van der Waals surface area contributed by atoms with Crippen molar-refractivity contribution >= 4 is 78.6 Å². The van der Waals surface area contributed by atoms with Gasteiger partial charge in [0.25, 0.3) is 0 Å². The van der Waals surface area contributed by atoms with Gasteiger partial charge in [-0.3, -0.25) is 0 Å². The Bertz CT molecular complexity index is 3670. The van der Waals surface area contributed by atoms with E-state index in [2.05, 4.69) is 192 Å². The predicted octanol–water partition coefficient (Wildman–Crippen LogP) is 13.3. The first-order valence-electron chi connectivity index (χ1n) is 20.8. The molecule has 0 amide bonds. The Morgan fingerprint density at radius 2 is 1.21 bits per heavy atom. The first-order valence-corrected chi connectivity index (χ1v) is 20.8. The summed E-state index contributed by atoms with van der Waals surface area (Å²) in [7, 11) is 0. The zero-order chi connectivity index (χ0) is 40.3. The van der Waals surface area contributed by atoms with Gasteiger partial charge < -0.3 is 13.8 Å². The van der Waals surface area contributed by atoms with Crippen LogP contribution in [0.2, 0.25) is 0 Å². The minimum atomic E-state index is -0.154. The van der Waals surface area contributed by atoms with Gasteiger partial charge in [-0.25, -0.2) is 0 Å². The number of anilines is 3. The fraction of sp³-hybridized carbons (Fsp3) is 0.0179. The van der Waals surface area contributed by atoms with Crippen molar-refractivity contribution in [2.24, 2.45) is 0 Å². The standard InChI is InChI=1S/C56H34BN3O/c1-34-44(40-18-12-13-35(29-40)33-58)32-50-54-52(34)46-31-45-42-19-9-11-22-51(42)61-56(45)53-43-20-8-10-21-48(43)60(55(46)53)57(54)47-30-39(37-16-6-3-7-17-37)25-28-49(47)59(50)41-26-23-38(24-27-41)36-14-4-2-5-15-36/h2-32H,1H3. The Morgan fingerprint density at radius 3 is 2.00 bits per heavy atom. The molecule has 2 aromatic heterocycles. The Morgan fingerprint density at radius 1 is 0.541 bits per heavy atom. The second kappa shape index (κ2) is 12.7. The lowest BCUT2D eigenvalue weighted by molar-refractivity contribution is 0.673. The lowest BCUT2D eigenvalue weighted by Gasteiger charge is -2.42. The van der Waals surface area contributed by atoms with Crippen LogP contribution in [0, 0.1) is 18.3 Å². The number of nitriles is 1. The molecule has 0 saturated carbocycles. The molecule has 11 aromatic rings. The van der Waals surface area contributed by atoms with Crippen LogP contribution >= 0.6 is 0 Å². The van der Waals surface area contributed by atoms with Crippen molar-refractivity contribution in [2.45, 2.75) is 6.92 Å². The maximum atomic E-state index is 10.1. The molecule has 0 atom stereocenters. The highest BCUT2D eigenvalue weighted by Gasteiger charge is 2.44. The number of rotatable bonds is 4. The average Bonchev–Trinajstić information content (AvgIpc) is 3.87. The summed E-state index contributed by atoms with van der Waals surface area (Å²) in [5, 5.41) is 14.6. The summed E-state index contributed by atoms with van der Waals surface area (Å²) in [5.74, 6) is 0. The average molecular weight is 776 g/mol. The minimum Gasteiger partial charge on any atom is -0.455 e. The Hall–Kier alpha value is -8.07. The van der Waals surface area contributed by atoms with Crippen LogP contribution in [0.5, 0.6) is 0 Å². The fourth-order valence-electron chi connectivity index (χ4n) is 10.5. The molecule has 0 bridgehead atoms. The number of aromatic nitrogens is 1. The predicted molar refractivity (Wildman–Crippen MR) is 253 cm³/mol. The molecule has 2 aliphatic heterocycles. The molecule has 61 heavy (non-hydrogen) atoms. The number of hydrogen-bond acceptors (Lipinski definition) is 3. The zero-order valence-corrected chi connectivity index (χ0v) is 33.2. The van der Waals surface area contributed by atoms with E-state index in [9.17, 15) is 5.26 Å². The van der Waals surface area contributed by atoms with E-state index in [1.807, 2.05) is 18.2 Å². The molecule has 0 saturated heterocycles. The van der Waals surface area contributed by atoms with E-state index in [4.69, 9.17) is 4.42 Å². The van der Waals surface area contributed by atoms with Gasteiger partial charge in [0.2, 0.25) is 0 Å². The first kappa shape index (κ1) is 33.9. The summed E-state index contributed by atoms with van der Waals surface area (Å²) in [6.07, 6.45) is 0. The topological polar surface area (TPSA) is 45.1 Å². The molecule has 0 fully saturated rings. The second-order valence-electron chi connectivity index (χ2n) is 16.3. The Balaban J connectivity index is 1.20. The van der Waals surface area contributed by atoms with Gasteiger partial charge in [0.1, 0.15) is 11.2 Å². The smallest absolute Gasteiger partial charge is 0.333 e. The molecule has 0 aliphatic carbocycles. The van der Waals surface area contributed by atoms with Gasteiger partial charge >= 0.3 is 6.85 Å². The van der Waals surface area contributed by atoms with Crippen molar-refractivity contribution in [2.75, 3.05) is 4.90 Å². The Labute approximate surface area is 352 Å². The third kappa shape index (κ3) is 4.76. The van der Waals surface area contributed by atoms with Crippen molar-refractivity contribution in [3.05, 3.63) is 199 Å². The largest absolute Gasteiger partial charge is 0.455 e. The molecule has 4 nitrogen and oxygen atoms in total. The van der Waals surface area contributed by atoms with Crippen molar-refractivity contribution in [3.63, 3.8) is 0 Å². The van der Waals surface area contributed by atoms with Gasteiger partial charge in [0, 0.05) is 49.8 Å². The molecule has 13 rings (SSSR count). The van der Waals surface area contributed by atoms with E-state index in [0.717, 1.165) is 55.5 Å². The number of furan rings is 1. The van der Waals surface area contributed by atoms with Crippen LogP contribution in [0.3, 0.4) is 0 Å². The van der Waals surface area contributed by atoms with Crippen LogP contribution in [0.25, 0.3) is 88.3 Å². The number of fused-ring (bicyclic) bond motifs is 11. The molecule has 2 aliphatic rings. The number of nitrogens with zero attached hydrogens (tertiary/aromatic N) is 3. The number of benzene rings is 9. The van der Waals surface area contributed by atoms with Gasteiger partial charge in [-0.15, -0.1) is 0 Å². The normalized spacial score (nSPS) is 12.6. The fourth-order valence-corrected chi connectivity index (χ4v) is 10.5. The van der Waals surface area contributed by atoms with E-state index in [0.29, 0.717) is 5.56 Å². The molecule has 0 N–H and O–H groups in total. The van der Waals surface area contributed by atoms with Gasteiger partial charge in [-0.2, -0.15) is 5.26 Å². The Kier molecular flexibility index (Phi) is 7.06. The summed E-state index contributed by atoms with van der Waals surface area (Å²) < 4.78 is 9.47. The minimum absolute atomic E-state index is 0.154. The van der Waals surface area contributed by atoms with Crippen LogP contribution in [-0.4, -0.2) is 11.3 Å². The number of hydrogen-bond donors (Lipinski definition) is 0. The summed E-state index contributed by atoms with van der Waals surface area (Å²) in [5.41, 5.74) is 21.1. The monoisotopic (exact) mass is 775 g/mol. The maximum absolute atomic E-state index is 10.1. The van der Waals surface area contributed by atoms with Crippen molar-refractivity contribution in [1.29, 1.82) is 5.26 Å². The van der Waals surface area contributed by atoms with Crippen LogP contribution < -0.4 is 15.8 Å². The van der Waals surface area contributed by atoms with Crippen LogP contribution in [-0.2, 0) is 0 Å². The van der Waals surface area contributed by atoms with Gasteiger partial charge in [0.05, 0.1) is 17.0 Å². The SMILES string of the molecule is Cc1c(-c2cccc(C#N)c2)cc2c3c1-c1cc4c5ccccc5oc4c4c5ccccc5n(c14)B3c1cc(-c3ccccc3)ccc1N2c1ccc(-c2ccccc2)cc1. The zero-order valence-electron chi connectivity index (χ0n) is 33.2. The van der Waals surface area contributed by atoms with Crippen LogP contribution in [0.15, 0.2) is 192 Å². The molecule has 9 aromatic carbocycles. The maximum Gasteiger partial charge on any atom is 0.333 e. The van der Waals surface area contributed by atoms with Crippen LogP contribution in [0.4, 0.5) is 17.1 Å². The summed E-state index contributed by atoms with van der Waals surface area (Å²) >= 11 is 0. The van der Waals surface area contributed by atoms with Gasteiger partial charge in [-0.1, -0.05) is 133 Å². The van der Waals surface area contributed by atoms with Gasteiger partial charge in [0.15, 0.2) is 0 Å². The summed E-state index contributed by atoms with van der Waals surface area (Å²) in [6.45, 7) is 2.12. The molecule has 0 spiro atoms.